The number of anilines is 1. The fourth-order valence-electron chi connectivity index (χ4n) is 1.16. The highest BCUT2D eigenvalue weighted by atomic mass is 35.5. The van der Waals surface area contributed by atoms with Crippen molar-refractivity contribution >= 4 is 17.3 Å². The van der Waals surface area contributed by atoms with Crippen molar-refractivity contribution in [2.75, 3.05) is 12.1 Å². The molecule has 6 heteroatoms. The average molecular weight is 225 g/mol. The Labute approximate surface area is 91.4 Å². The average Bonchev–Trinajstić information content (AvgIpc) is 2.71. The molecule has 2 N–H and O–H groups in total. The van der Waals surface area contributed by atoms with Gasteiger partial charge in [-0.25, -0.2) is 5.84 Å². The van der Waals surface area contributed by atoms with Crippen LogP contribution in [0.2, 0.25) is 5.15 Å². The summed E-state index contributed by atoms with van der Waals surface area (Å²) in [7, 11) is 1.68. The van der Waals surface area contributed by atoms with Gasteiger partial charge in [0.2, 0.25) is 0 Å². The molecule has 0 aliphatic heterocycles. The molecule has 0 saturated carbocycles. The van der Waals surface area contributed by atoms with Gasteiger partial charge in [0, 0.05) is 7.05 Å². The van der Waals surface area contributed by atoms with Crippen molar-refractivity contribution < 1.29 is 4.42 Å². The van der Waals surface area contributed by atoms with Gasteiger partial charge in [-0.05, 0) is 18.2 Å². The molecule has 0 saturated heterocycles. The Bertz CT molecular complexity index is 455. The third-order valence-electron chi connectivity index (χ3n) is 1.88. The van der Waals surface area contributed by atoms with Crippen LogP contribution in [0.25, 0.3) is 11.5 Å². The lowest BCUT2D eigenvalue weighted by Gasteiger charge is -2.12. The van der Waals surface area contributed by atoms with Crippen LogP contribution in [0.1, 0.15) is 0 Å². The fraction of sp³-hybridized carbons (Fsp3) is 0.111. The van der Waals surface area contributed by atoms with Crippen LogP contribution in [-0.4, -0.2) is 17.2 Å². The highest BCUT2D eigenvalue weighted by molar-refractivity contribution is 6.31. The van der Waals surface area contributed by atoms with Gasteiger partial charge in [0.25, 0.3) is 0 Å². The monoisotopic (exact) mass is 224 g/mol. The number of nitrogens with two attached hydrogens (primary N) is 1. The summed E-state index contributed by atoms with van der Waals surface area (Å²) in [6.07, 6.45) is 1.57. The number of halogens is 1. The van der Waals surface area contributed by atoms with Crippen molar-refractivity contribution in [2.24, 2.45) is 5.84 Å². The van der Waals surface area contributed by atoms with Crippen LogP contribution in [0.15, 0.2) is 28.9 Å². The Hall–Kier alpha value is -1.59. The normalized spacial score (nSPS) is 10.3. The van der Waals surface area contributed by atoms with Crippen LogP contribution in [0.3, 0.4) is 0 Å². The highest BCUT2D eigenvalue weighted by Crippen LogP contribution is 2.25. The van der Waals surface area contributed by atoms with E-state index in [2.05, 4.69) is 10.2 Å². The lowest BCUT2D eigenvalue weighted by atomic mass is 10.3. The summed E-state index contributed by atoms with van der Waals surface area (Å²) in [4.78, 5) is 0. The summed E-state index contributed by atoms with van der Waals surface area (Å²) in [5.41, 5.74) is 1.19. The molecule has 0 aliphatic rings. The largest absolute Gasteiger partial charge is 0.463 e. The molecule has 15 heavy (non-hydrogen) atoms. The molecule has 0 radical (unpaired) electrons. The Kier molecular flexibility index (Phi) is 2.57. The van der Waals surface area contributed by atoms with Crippen LogP contribution in [0, 0.1) is 0 Å². The Morgan fingerprint density at radius 2 is 2.27 bits per heavy atom. The standard InChI is InChI=1S/C9H9ClN4O/c1-14(11)7-5-6(12-13-9(7)10)8-3-2-4-15-8/h2-5H,11H2,1H3. The van der Waals surface area contributed by atoms with E-state index in [1.165, 1.54) is 5.01 Å². The van der Waals surface area contributed by atoms with Gasteiger partial charge in [0.05, 0.1) is 12.0 Å². The second-order valence-electron chi connectivity index (χ2n) is 2.99. The van der Waals surface area contributed by atoms with Crippen molar-refractivity contribution in [1.29, 1.82) is 0 Å². The van der Waals surface area contributed by atoms with E-state index in [1.807, 2.05) is 0 Å². The van der Waals surface area contributed by atoms with Crippen LogP contribution in [-0.2, 0) is 0 Å². The number of hydrazine groups is 1. The SMILES string of the molecule is CN(N)c1cc(-c2ccco2)nnc1Cl. The molecule has 2 aromatic rings. The molecular weight excluding hydrogens is 216 g/mol. The van der Waals surface area contributed by atoms with Gasteiger partial charge in [-0.3, -0.25) is 0 Å². The van der Waals surface area contributed by atoms with E-state index in [9.17, 15) is 0 Å². The minimum atomic E-state index is 0.260. The van der Waals surface area contributed by atoms with Gasteiger partial charge >= 0.3 is 0 Å². The number of aromatic nitrogens is 2. The number of nitrogens with zero attached hydrogens (tertiary/aromatic N) is 3. The van der Waals surface area contributed by atoms with Crippen LogP contribution in [0.5, 0.6) is 0 Å². The third kappa shape index (κ3) is 1.93. The predicted octanol–water partition coefficient (Wildman–Crippen LogP) is 1.70. The lowest BCUT2D eigenvalue weighted by molar-refractivity contribution is 0.579. The van der Waals surface area contributed by atoms with Crippen molar-refractivity contribution in [3.8, 4) is 11.5 Å². The molecule has 0 fully saturated rings. The number of hydrogen-bond donors (Lipinski definition) is 1. The van der Waals surface area contributed by atoms with E-state index in [-0.39, 0.29) is 5.15 Å². The second kappa shape index (κ2) is 3.88. The molecule has 2 heterocycles. The lowest BCUT2D eigenvalue weighted by Crippen LogP contribution is -2.25. The minimum Gasteiger partial charge on any atom is -0.463 e. The first-order valence-electron chi connectivity index (χ1n) is 4.24. The zero-order valence-corrected chi connectivity index (χ0v) is 8.77. The first-order chi connectivity index (χ1) is 7.18. The topological polar surface area (TPSA) is 68.2 Å². The second-order valence-corrected chi connectivity index (χ2v) is 3.35. The van der Waals surface area contributed by atoms with Gasteiger partial charge in [-0.1, -0.05) is 11.6 Å². The van der Waals surface area contributed by atoms with E-state index < -0.39 is 0 Å². The predicted molar refractivity (Wildman–Crippen MR) is 57.3 cm³/mol. The molecule has 2 rings (SSSR count). The minimum absolute atomic E-state index is 0.260. The molecule has 0 aromatic carbocycles. The van der Waals surface area contributed by atoms with Crippen molar-refractivity contribution in [2.45, 2.75) is 0 Å². The molecule has 78 valence electrons. The highest BCUT2D eigenvalue weighted by Gasteiger charge is 2.10. The smallest absolute Gasteiger partial charge is 0.176 e. The number of hydrogen-bond acceptors (Lipinski definition) is 5. The first kappa shape index (κ1) is 9.95. The fourth-order valence-corrected chi connectivity index (χ4v) is 1.38. The molecule has 0 amide bonds. The summed E-state index contributed by atoms with van der Waals surface area (Å²) in [6.45, 7) is 0. The zero-order chi connectivity index (χ0) is 10.8. The van der Waals surface area contributed by atoms with Crippen LogP contribution < -0.4 is 10.9 Å². The van der Waals surface area contributed by atoms with Crippen molar-refractivity contribution in [3.63, 3.8) is 0 Å². The number of furan rings is 1. The zero-order valence-electron chi connectivity index (χ0n) is 8.01. The van der Waals surface area contributed by atoms with Crippen molar-refractivity contribution in [1.82, 2.24) is 10.2 Å². The van der Waals surface area contributed by atoms with Crippen LogP contribution in [0.4, 0.5) is 5.69 Å². The van der Waals surface area contributed by atoms with E-state index in [0.29, 0.717) is 17.1 Å². The van der Waals surface area contributed by atoms with Gasteiger partial charge < -0.3 is 9.43 Å². The van der Waals surface area contributed by atoms with Crippen LogP contribution >= 0.6 is 11.6 Å². The van der Waals surface area contributed by atoms with E-state index in [4.69, 9.17) is 21.9 Å². The molecule has 5 nitrogen and oxygen atoms in total. The maximum atomic E-state index is 5.83. The van der Waals surface area contributed by atoms with E-state index >= 15 is 0 Å². The quantitative estimate of drug-likeness (QED) is 0.621. The van der Waals surface area contributed by atoms with Gasteiger partial charge in [-0.2, -0.15) is 0 Å². The summed E-state index contributed by atoms with van der Waals surface area (Å²) in [5.74, 6) is 6.21. The maximum Gasteiger partial charge on any atom is 0.176 e. The molecule has 0 spiro atoms. The molecule has 0 atom stereocenters. The van der Waals surface area contributed by atoms with Gasteiger partial charge in [-0.15, -0.1) is 10.2 Å². The third-order valence-corrected chi connectivity index (χ3v) is 2.15. The summed E-state index contributed by atoms with van der Waals surface area (Å²) in [5, 5.41) is 9.33. The number of rotatable bonds is 2. The van der Waals surface area contributed by atoms with E-state index in [0.717, 1.165) is 0 Å². The molecular formula is C9H9ClN4O. The first-order valence-corrected chi connectivity index (χ1v) is 4.62. The Balaban J connectivity index is 2.48. The van der Waals surface area contributed by atoms with Gasteiger partial charge in [0.15, 0.2) is 10.9 Å². The Morgan fingerprint density at radius 1 is 1.47 bits per heavy atom. The van der Waals surface area contributed by atoms with Gasteiger partial charge in [0.1, 0.15) is 5.69 Å². The summed E-state index contributed by atoms with van der Waals surface area (Å²) < 4.78 is 5.19. The molecule has 2 aromatic heterocycles. The van der Waals surface area contributed by atoms with Crippen molar-refractivity contribution in [3.05, 3.63) is 29.6 Å². The summed E-state index contributed by atoms with van der Waals surface area (Å²) >= 11 is 5.83. The summed E-state index contributed by atoms with van der Waals surface area (Å²) in [6, 6.07) is 5.28. The Morgan fingerprint density at radius 3 is 2.87 bits per heavy atom. The molecule has 0 bridgehead atoms. The molecule has 0 aliphatic carbocycles. The maximum absolute atomic E-state index is 5.83. The van der Waals surface area contributed by atoms with E-state index in [1.54, 1.807) is 31.5 Å². The molecule has 0 unspecified atom stereocenters.